The highest BCUT2D eigenvalue weighted by Crippen LogP contribution is 2.27. The Hall–Kier alpha value is -1.64. The second-order valence-electron chi connectivity index (χ2n) is 2.58. The van der Waals surface area contributed by atoms with E-state index in [4.69, 9.17) is 9.84 Å². The quantitative estimate of drug-likeness (QED) is 0.674. The van der Waals surface area contributed by atoms with Crippen molar-refractivity contribution in [3.8, 4) is 11.6 Å². The molecule has 2 aromatic rings. The number of rotatable bonds is 1. The van der Waals surface area contributed by atoms with Crippen LogP contribution in [0.1, 0.15) is 0 Å². The van der Waals surface area contributed by atoms with Crippen LogP contribution in [-0.4, -0.2) is 17.2 Å². The maximum atomic E-state index is 9.16. The third kappa shape index (κ3) is 0.906. The van der Waals surface area contributed by atoms with Gasteiger partial charge in [-0.3, -0.25) is 0 Å². The van der Waals surface area contributed by atoms with Gasteiger partial charge in [0.25, 0.3) is 0 Å². The van der Waals surface area contributed by atoms with Gasteiger partial charge in [-0.2, -0.15) is 0 Å². The molecule has 0 unspecified atom stereocenters. The molecule has 1 heterocycles. The number of nitrogens with one attached hydrogen (secondary N) is 1. The minimum absolute atomic E-state index is 0.162. The summed E-state index contributed by atoms with van der Waals surface area (Å²) >= 11 is 0. The normalized spacial score (nSPS) is 10.4. The number of para-hydroxylation sites is 1. The highest BCUT2D eigenvalue weighted by molar-refractivity contribution is 5.86. The van der Waals surface area contributed by atoms with Crippen LogP contribution in [-0.2, 0) is 0 Å². The Kier molecular flexibility index (Phi) is 1.43. The highest BCUT2D eigenvalue weighted by Gasteiger charge is 2.03. The number of aromatic amines is 1. The smallest absolute Gasteiger partial charge is 0.189 e. The number of methoxy groups -OCH3 is 1. The van der Waals surface area contributed by atoms with Gasteiger partial charge in [0.1, 0.15) is 5.75 Å². The van der Waals surface area contributed by atoms with Gasteiger partial charge in [0, 0.05) is 11.5 Å². The van der Waals surface area contributed by atoms with Crippen molar-refractivity contribution in [2.75, 3.05) is 7.11 Å². The number of aromatic hydroxyl groups is 1. The number of aromatic nitrogens is 1. The van der Waals surface area contributed by atoms with Gasteiger partial charge >= 0.3 is 0 Å². The van der Waals surface area contributed by atoms with Crippen molar-refractivity contribution in [3.63, 3.8) is 0 Å². The largest absolute Gasteiger partial charge is 0.495 e. The summed E-state index contributed by atoms with van der Waals surface area (Å²) in [5.41, 5.74) is 0.831. The average Bonchev–Trinajstić information content (AvgIpc) is 2.44. The fourth-order valence-electron chi connectivity index (χ4n) is 1.28. The van der Waals surface area contributed by atoms with Crippen LogP contribution in [0.2, 0.25) is 0 Å². The average molecular weight is 163 g/mol. The number of ether oxygens (including phenoxy) is 1. The Morgan fingerprint density at radius 1 is 1.42 bits per heavy atom. The summed E-state index contributed by atoms with van der Waals surface area (Å²) < 4.78 is 5.10. The van der Waals surface area contributed by atoms with Crippen LogP contribution in [0.4, 0.5) is 0 Å². The minimum Gasteiger partial charge on any atom is -0.495 e. The number of fused-ring (bicyclic) bond motifs is 1. The van der Waals surface area contributed by atoms with E-state index in [1.54, 1.807) is 13.2 Å². The Balaban J connectivity index is 2.78. The van der Waals surface area contributed by atoms with Crippen molar-refractivity contribution in [1.29, 1.82) is 0 Å². The van der Waals surface area contributed by atoms with Crippen molar-refractivity contribution in [2.24, 2.45) is 0 Å². The van der Waals surface area contributed by atoms with Crippen LogP contribution in [0.25, 0.3) is 10.9 Å². The second-order valence-corrected chi connectivity index (χ2v) is 2.58. The van der Waals surface area contributed by atoms with Crippen molar-refractivity contribution in [3.05, 3.63) is 24.3 Å². The molecule has 0 spiro atoms. The molecular weight excluding hydrogens is 154 g/mol. The lowest BCUT2D eigenvalue weighted by atomic mass is 10.2. The van der Waals surface area contributed by atoms with E-state index >= 15 is 0 Å². The third-order valence-electron chi connectivity index (χ3n) is 1.82. The molecule has 1 aromatic carbocycles. The maximum Gasteiger partial charge on any atom is 0.189 e. The molecule has 0 atom stereocenters. The molecule has 0 aliphatic carbocycles. The van der Waals surface area contributed by atoms with Gasteiger partial charge in [-0.25, -0.2) is 0 Å². The molecule has 1 aromatic heterocycles. The molecule has 0 radical (unpaired) electrons. The van der Waals surface area contributed by atoms with Crippen molar-refractivity contribution >= 4 is 10.9 Å². The molecule has 0 bridgehead atoms. The number of H-pyrrole nitrogens is 1. The Labute approximate surface area is 69.6 Å². The fourth-order valence-corrected chi connectivity index (χ4v) is 1.28. The summed E-state index contributed by atoms with van der Waals surface area (Å²) in [7, 11) is 1.60. The van der Waals surface area contributed by atoms with E-state index in [0.717, 1.165) is 16.7 Å². The summed E-state index contributed by atoms with van der Waals surface area (Å²) in [6.45, 7) is 0. The first kappa shape index (κ1) is 7.03. The lowest BCUT2D eigenvalue weighted by molar-refractivity contribution is 0.417. The van der Waals surface area contributed by atoms with E-state index < -0.39 is 0 Å². The van der Waals surface area contributed by atoms with Crippen LogP contribution >= 0.6 is 0 Å². The molecule has 62 valence electrons. The van der Waals surface area contributed by atoms with Crippen molar-refractivity contribution in [1.82, 2.24) is 4.98 Å². The van der Waals surface area contributed by atoms with E-state index in [-0.39, 0.29) is 5.88 Å². The molecule has 3 heteroatoms. The van der Waals surface area contributed by atoms with E-state index in [0.29, 0.717) is 0 Å². The van der Waals surface area contributed by atoms with Crippen LogP contribution in [0.5, 0.6) is 11.6 Å². The topological polar surface area (TPSA) is 45.2 Å². The van der Waals surface area contributed by atoms with Crippen LogP contribution in [0.15, 0.2) is 24.3 Å². The number of hydrogen-bond donors (Lipinski definition) is 2. The molecule has 2 N–H and O–H groups in total. The molecule has 0 fully saturated rings. The van der Waals surface area contributed by atoms with Crippen LogP contribution < -0.4 is 4.74 Å². The molecule has 0 aliphatic rings. The van der Waals surface area contributed by atoms with Crippen LogP contribution in [0, 0.1) is 0 Å². The first-order chi connectivity index (χ1) is 5.81. The van der Waals surface area contributed by atoms with Gasteiger partial charge in [0.15, 0.2) is 5.88 Å². The van der Waals surface area contributed by atoms with Gasteiger partial charge < -0.3 is 14.8 Å². The lowest BCUT2D eigenvalue weighted by Crippen LogP contribution is -1.82. The Bertz CT molecular complexity index is 406. The predicted octanol–water partition coefficient (Wildman–Crippen LogP) is 1.88. The van der Waals surface area contributed by atoms with E-state index in [1.165, 1.54) is 0 Å². The predicted molar refractivity (Wildman–Crippen MR) is 46.5 cm³/mol. The minimum atomic E-state index is 0.162. The summed E-state index contributed by atoms with van der Waals surface area (Å²) in [5.74, 6) is 0.905. The highest BCUT2D eigenvalue weighted by atomic mass is 16.5. The Morgan fingerprint density at radius 2 is 2.25 bits per heavy atom. The van der Waals surface area contributed by atoms with Crippen molar-refractivity contribution in [2.45, 2.75) is 0 Å². The third-order valence-corrected chi connectivity index (χ3v) is 1.82. The summed E-state index contributed by atoms with van der Waals surface area (Å²) in [6.07, 6.45) is 0. The molecule has 0 saturated carbocycles. The van der Waals surface area contributed by atoms with Crippen LogP contribution in [0.3, 0.4) is 0 Å². The monoisotopic (exact) mass is 163 g/mol. The van der Waals surface area contributed by atoms with Gasteiger partial charge in [0.05, 0.1) is 12.6 Å². The molecule has 12 heavy (non-hydrogen) atoms. The van der Waals surface area contributed by atoms with Gasteiger partial charge in [-0.1, -0.05) is 12.1 Å². The van der Waals surface area contributed by atoms with Crippen molar-refractivity contribution < 1.29 is 9.84 Å². The zero-order valence-corrected chi connectivity index (χ0v) is 6.66. The maximum absolute atomic E-state index is 9.16. The first-order valence-electron chi connectivity index (χ1n) is 3.66. The Morgan fingerprint density at radius 3 is 3.00 bits per heavy atom. The fraction of sp³-hybridized carbons (Fsp3) is 0.111. The van der Waals surface area contributed by atoms with Gasteiger partial charge in [-0.15, -0.1) is 0 Å². The van der Waals surface area contributed by atoms with Gasteiger partial charge in [-0.05, 0) is 6.07 Å². The SMILES string of the molecule is COc1cccc2cc(O)[nH]c12. The first-order valence-corrected chi connectivity index (χ1v) is 3.66. The second kappa shape index (κ2) is 2.44. The van der Waals surface area contributed by atoms with Gasteiger partial charge in [0.2, 0.25) is 0 Å². The van der Waals surface area contributed by atoms with E-state index in [2.05, 4.69) is 4.98 Å². The molecule has 0 aliphatic heterocycles. The lowest BCUT2D eigenvalue weighted by Gasteiger charge is -1.99. The molecule has 2 rings (SSSR count). The van der Waals surface area contributed by atoms with E-state index in [9.17, 15) is 0 Å². The number of hydrogen-bond acceptors (Lipinski definition) is 2. The zero-order valence-electron chi connectivity index (χ0n) is 6.66. The molecule has 0 amide bonds. The molecular formula is C9H9NO2. The molecule has 3 nitrogen and oxygen atoms in total. The summed E-state index contributed by atoms with van der Waals surface area (Å²) in [6, 6.07) is 7.30. The molecule has 0 saturated heterocycles. The van der Waals surface area contributed by atoms with E-state index in [1.807, 2.05) is 18.2 Å². The zero-order chi connectivity index (χ0) is 8.55. The summed E-state index contributed by atoms with van der Waals surface area (Å²) in [5, 5.41) is 10.1. The standard InChI is InChI=1S/C9H9NO2/c1-12-7-4-2-3-6-5-8(11)10-9(6)7/h2-5,10-11H,1H3. The summed E-state index contributed by atoms with van der Waals surface area (Å²) in [4.78, 5) is 2.81. The number of benzene rings is 1.